The summed E-state index contributed by atoms with van der Waals surface area (Å²) in [4.78, 5) is 14.4. The number of carbonyl (C=O) groups excluding carboxylic acids is 1. The molecule has 0 N–H and O–H groups in total. The molecule has 74 valence electrons. The third-order valence-electron chi connectivity index (χ3n) is 2.32. The fraction of sp³-hybridized carbons (Fsp3) is 0.300. The number of halogens is 1. The second kappa shape index (κ2) is 3.83. The number of amides is 1. The lowest BCUT2D eigenvalue weighted by Gasteiger charge is -2.31. The molecule has 0 atom stereocenters. The first-order valence-electron chi connectivity index (χ1n) is 4.46. The molecule has 0 spiro atoms. The summed E-state index contributed by atoms with van der Waals surface area (Å²) in [7, 11) is 0. The highest BCUT2D eigenvalue weighted by molar-refractivity contribution is 7.80. The molecule has 1 aromatic carbocycles. The second-order valence-corrected chi connectivity index (χ2v) is 4.23. The predicted molar refractivity (Wildman–Crippen MR) is 59.2 cm³/mol. The lowest BCUT2D eigenvalue weighted by molar-refractivity contribution is 0.0652. The van der Waals surface area contributed by atoms with Gasteiger partial charge in [0, 0.05) is 18.0 Å². The van der Waals surface area contributed by atoms with Gasteiger partial charge < -0.3 is 4.90 Å². The number of thiol groups is 1. The van der Waals surface area contributed by atoms with Gasteiger partial charge in [0.05, 0.1) is 10.6 Å². The van der Waals surface area contributed by atoms with Gasteiger partial charge in [0.15, 0.2) is 0 Å². The third-order valence-corrected chi connectivity index (χ3v) is 2.93. The SMILES string of the molecule is O=C(c1cc(S)ccc1Cl)N1CCC1. The highest BCUT2D eigenvalue weighted by Crippen LogP contribution is 2.22. The van der Waals surface area contributed by atoms with Crippen LogP contribution in [-0.2, 0) is 0 Å². The van der Waals surface area contributed by atoms with Crippen LogP contribution in [0.2, 0.25) is 5.02 Å². The molecular weight excluding hydrogens is 218 g/mol. The van der Waals surface area contributed by atoms with Crippen molar-refractivity contribution in [3.05, 3.63) is 28.8 Å². The highest BCUT2D eigenvalue weighted by atomic mass is 35.5. The van der Waals surface area contributed by atoms with Gasteiger partial charge in [-0.15, -0.1) is 12.6 Å². The molecule has 0 saturated carbocycles. The molecule has 1 amide bonds. The van der Waals surface area contributed by atoms with E-state index in [1.807, 2.05) is 0 Å². The van der Waals surface area contributed by atoms with Crippen LogP contribution in [0.4, 0.5) is 0 Å². The quantitative estimate of drug-likeness (QED) is 0.731. The van der Waals surface area contributed by atoms with Crippen LogP contribution in [0.1, 0.15) is 16.8 Å². The van der Waals surface area contributed by atoms with Crippen molar-refractivity contribution < 1.29 is 4.79 Å². The summed E-state index contributed by atoms with van der Waals surface area (Å²) in [5.74, 6) is 0.0113. The first-order chi connectivity index (χ1) is 6.68. The van der Waals surface area contributed by atoms with E-state index in [1.165, 1.54) is 0 Å². The van der Waals surface area contributed by atoms with Crippen LogP contribution in [0.15, 0.2) is 23.1 Å². The molecule has 1 fully saturated rings. The number of likely N-dealkylation sites (tertiary alicyclic amines) is 1. The molecule has 1 aliphatic rings. The molecule has 0 aromatic heterocycles. The Balaban J connectivity index is 2.29. The van der Waals surface area contributed by atoms with Crippen molar-refractivity contribution >= 4 is 30.1 Å². The molecule has 14 heavy (non-hydrogen) atoms. The smallest absolute Gasteiger partial charge is 0.255 e. The molecule has 1 aliphatic heterocycles. The number of nitrogens with zero attached hydrogens (tertiary/aromatic N) is 1. The Bertz CT molecular complexity index is 376. The van der Waals surface area contributed by atoms with Gasteiger partial charge in [-0.05, 0) is 24.6 Å². The topological polar surface area (TPSA) is 20.3 Å². The van der Waals surface area contributed by atoms with Crippen molar-refractivity contribution in [2.75, 3.05) is 13.1 Å². The summed E-state index contributed by atoms with van der Waals surface area (Å²) in [5.41, 5.74) is 0.555. The fourth-order valence-corrected chi connectivity index (χ4v) is 1.77. The summed E-state index contributed by atoms with van der Waals surface area (Å²) in [5, 5.41) is 0.500. The van der Waals surface area contributed by atoms with Crippen molar-refractivity contribution in [1.29, 1.82) is 0 Å². The predicted octanol–water partition coefficient (Wildman–Crippen LogP) is 2.47. The highest BCUT2D eigenvalue weighted by Gasteiger charge is 2.23. The summed E-state index contributed by atoms with van der Waals surface area (Å²) < 4.78 is 0. The van der Waals surface area contributed by atoms with Crippen LogP contribution in [0.3, 0.4) is 0 Å². The summed E-state index contributed by atoms with van der Waals surface area (Å²) in [6.07, 6.45) is 1.09. The largest absolute Gasteiger partial charge is 0.338 e. The van der Waals surface area contributed by atoms with Crippen molar-refractivity contribution in [3.8, 4) is 0 Å². The van der Waals surface area contributed by atoms with E-state index in [0.717, 1.165) is 24.4 Å². The minimum absolute atomic E-state index is 0.0113. The van der Waals surface area contributed by atoms with Gasteiger partial charge in [0.1, 0.15) is 0 Å². The number of hydrogen-bond donors (Lipinski definition) is 1. The Hall–Kier alpha value is -0.670. The minimum Gasteiger partial charge on any atom is -0.338 e. The number of benzene rings is 1. The summed E-state index contributed by atoms with van der Waals surface area (Å²) in [6, 6.07) is 5.20. The van der Waals surface area contributed by atoms with Gasteiger partial charge in [0.2, 0.25) is 0 Å². The molecule has 1 heterocycles. The molecule has 2 rings (SSSR count). The number of hydrogen-bond acceptors (Lipinski definition) is 2. The van der Waals surface area contributed by atoms with E-state index in [1.54, 1.807) is 23.1 Å². The lowest BCUT2D eigenvalue weighted by atomic mass is 10.1. The molecule has 1 aromatic rings. The van der Waals surface area contributed by atoms with E-state index in [9.17, 15) is 4.79 Å². The Morgan fingerprint density at radius 1 is 1.43 bits per heavy atom. The van der Waals surface area contributed by atoms with Crippen molar-refractivity contribution in [3.63, 3.8) is 0 Å². The van der Waals surface area contributed by atoms with Crippen LogP contribution in [0.25, 0.3) is 0 Å². The molecular formula is C10H10ClNOS. The van der Waals surface area contributed by atoms with Crippen LogP contribution in [-0.4, -0.2) is 23.9 Å². The molecule has 0 radical (unpaired) electrons. The monoisotopic (exact) mass is 227 g/mol. The lowest BCUT2D eigenvalue weighted by Crippen LogP contribution is -2.42. The third kappa shape index (κ3) is 1.74. The maximum atomic E-state index is 11.8. The average molecular weight is 228 g/mol. The number of rotatable bonds is 1. The van der Waals surface area contributed by atoms with E-state index in [4.69, 9.17) is 11.6 Å². The summed E-state index contributed by atoms with van der Waals surface area (Å²) in [6.45, 7) is 1.68. The molecule has 1 saturated heterocycles. The molecule has 4 heteroatoms. The van der Waals surface area contributed by atoms with Crippen LogP contribution >= 0.6 is 24.2 Å². The van der Waals surface area contributed by atoms with Gasteiger partial charge in [-0.3, -0.25) is 4.79 Å². The zero-order valence-corrected chi connectivity index (χ0v) is 9.18. The number of carbonyl (C=O) groups is 1. The maximum Gasteiger partial charge on any atom is 0.255 e. The zero-order valence-electron chi connectivity index (χ0n) is 7.53. The first-order valence-corrected chi connectivity index (χ1v) is 5.29. The van der Waals surface area contributed by atoms with E-state index in [0.29, 0.717) is 10.6 Å². The van der Waals surface area contributed by atoms with Crippen LogP contribution in [0, 0.1) is 0 Å². The van der Waals surface area contributed by atoms with Gasteiger partial charge in [0.25, 0.3) is 5.91 Å². The van der Waals surface area contributed by atoms with E-state index >= 15 is 0 Å². The normalized spacial score (nSPS) is 15.1. The van der Waals surface area contributed by atoms with Crippen molar-refractivity contribution in [1.82, 2.24) is 4.90 Å². The van der Waals surface area contributed by atoms with Crippen LogP contribution < -0.4 is 0 Å². The Kier molecular flexibility index (Phi) is 2.70. The van der Waals surface area contributed by atoms with Gasteiger partial charge in [-0.1, -0.05) is 11.6 Å². The minimum atomic E-state index is 0.0113. The maximum absolute atomic E-state index is 11.8. The van der Waals surface area contributed by atoms with Crippen molar-refractivity contribution in [2.24, 2.45) is 0 Å². The first kappa shape index (κ1) is 9.87. The van der Waals surface area contributed by atoms with Crippen molar-refractivity contribution in [2.45, 2.75) is 11.3 Å². The second-order valence-electron chi connectivity index (χ2n) is 3.31. The van der Waals surface area contributed by atoms with Gasteiger partial charge >= 0.3 is 0 Å². The molecule has 0 aliphatic carbocycles. The van der Waals surface area contributed by atoms with E-state index in [-0.39, 0.29) is 5.91 Å². The Labute approximate surface area is 93.3 Å². The van der Waals surface area contributed by atoms with Gasteiger partial charge in [-0.2, -0.15) is 0 Å². The fourth-order valence-electron chi connectivity index (χ4n) is 1.37. The molecule has 0 bridgehead atoms. The van der Waals surface area contributed by atoms with Crippen LogP contribution in [0.5, 0.6) is 0 Å². The van der Waals surface area contributed by atoms with E-state index in [2.05, 4.69) is 12.6 Å². The standard InChI is InChI=1S/C10H10ClNOS/c11-9-3-2-7(14)6-8(9)10(13)12-4-1-5-12/h2-3,6,14H,1,4-5H2. The van der Waals surface area contributed by atoms with E-state index < -0.39 is 0 Å². The Morgan fingerprint density at radius 3 is 2.71 bits per heavy atom. The zero-order chi connectivity index (χ0) is 10.1. The van der Waals surface area contributed by atoms with Gasteiger partial charge in [-0.25, -0.2) is 0 Å². The molecule has 2 nitrogen and oxygen atoms in total. The molecule has 0 unspecified atom stereocenters. The summed E-state index contributed by atoms with van der Waals surface area (Å²) >= 11 is 10.1. The average Bonchev–Trinajstić information content (AvgIpc) is 2.06. The Morgan fingerprint density at radius 2 is 2.14 bits per heavy atom.